The van der Waals surface area contributed by atoms with Gasteiger partial charge in [-0.3, -0.25) is 0 Å². The molecule has 1 N–H and O–H groups in total. The number of nitrogens with zero attached hydrogens (tertiary/aromatic N) is 1. The fourth-order valence-corrected chi connectivity index (χ4v) is 2.79. The zero-order valence-electron chi connectivity index (χ0n) is 12.5. The summed E-state index contributed by atoms with van der Waals surface area (Å²) in [6.45, 7) is 11.6. The molecule has 0 saturated heterocycles. The van der Waals surface area contributed by atoms with Crippen molar-refractivity contribution in [2.24, 2.45) is 11.8 Å². The minimum absolute atomic E-state index is 0.602. The van der Waals surface area contributed by atoms with Crippen LogP contribution >= 0.6 is 0 Å². The molecule has 2 unspecified atom stereocenters. The van der Waals surface area contributed by atoms with Crippen LogP contribution in [0.15, 0.2) is 0 Å². The van der Waals surface area contributed by atoms with Crippen molar-refractivity contribution < 1.29 is 0 Å². The minimum atomic E-state index is 0.602. The Hall–Kier alpha value is -0.0800. The third-order valence-corrected chi connectivity index (χ3v) is 4.39. The van der Waals surface area contributed by atoms with Gasteiger partial charge in [-0.05, 0) is 45.2 Å². The number of nitrogens with one attached hydrogen (secondary N) is 1. The van der Waals surface area contributed by atoms with Gasteiger partial charge in [0.15, 0.2) is 0 Å². The molecule has 102 valence electrons. The van der Waals surface area contributed by atoms with Gasteiger partial charge in [-0.1, -0.05) is 33.6 Å². The van der Waals surface area contributed by atoms with Crippen LogP contribution in [0.3, 0.4) is 0 Å². The average molecular weight is 240 g/mol. The van der Waals surface area contributed by atoms with Crippen molar-refractivity contribution in [3.63, 3.8) is 0 Å². The van der Waals surface area contributed by atoms with Crippen LogP contribution < -0.4 is 5.32 Å². The van der Waals surface area contributed by atoms with Crippen LogP contribution in [0.1, 0.15) is 53.4 Å². The maximum atomic E-state index is 3.55. The molecule has 1 aliphatic carbocycles. The third-order valence-electron chi connectivity index (χ3n) is 4.39. The zero-order chi connectivity index (χ0) is 12.8. The van der Waals surface area contributed by atoms with Crippen LogP contribution in [0.25, 0.3) is 0 Å². The van der Waals surface area contributed by atoms with Gasteiger partial charge in [0, 0.05) is 18.6 Å². The molecule has 2 heteroatoms. The summed E-state index contributed by atoms with van der Waals surface area (Å²) in [6.07, 6.45) is 5.82. The summed E-state index contributed by atoms with van der Waals surface area (Å²) in [7, 11) is 2.30. The minimum Gasteiger partial charge on any atom is -0.314 e. The van der Waals surface area contributed by atoms with E-state index in [4.69, 9.17) is 0 Å². The average Bonchev–Trinajstić information content (AvgIpc) is 2.77. The fourth-order valence-electron chi connectivity index (χ4n) is 2.79. The molecule has 0 bridgehead atoms. The molecule has 2 nitrogen and oxygen atoms in total. The maximum Gasteiger partial charge on any atom is 0.0102 e. The highest BCUT2D eigenvalue weighted by atomic mass is 15.1. The number of hydrogen-bond donors (Lipinski definition) is 1. The van der Waals surface area contributed by atoms with Gasteiger partial charge in [-0.15, -0.1) is 0 Å². The summed E-state index contributed by atoms with van der Waals surface area (Å²) in [5.74, 6) is 1.69. The smallest absolute Gasteiger partial charge is 0.0102 e. The zero-order valence-corrected chi connectivity index (χ0v) is 12.5. The van der Waals surface area contributed by atoms with E-state index in [9.17, 15) is 0 Å². The van der Waals surface area contributed by atoms with E-state index in [0.717, 1.165) is 18.4 Å². The number of hydrogen-bond acceptors (Lipinski definition) is 2. The summed E-state index contributed by atoms with van der Waals surface area (Å²) in [4.78, 5) is 2.57. The fraction of sp³-hybridized carbons (Fsp3) is 1.00. The third kappa shape index (κ3) is 5.39. The predicted molar refractivity (Wildman–Crippen MR) is 76.4 cm³/mol. The molecule has 0 aromatic heterocycles. The standard InChI is InChI=1S/C15H32N2/c1-12(2)16-10-13(3)14(4)17(5)11-15-8-6-7-9-15/h12-16H,6-11H2,1-5H3. The van der Waals surface area contributed by atoms with E-state index < -0.39 is 0 Å². The van der Waals surface area contributed by atoms with E-state index in [0.29, 0.717) is 12.1 Å². The molecule has 1 aliphatic rings. The molecule has 1 rings (SSSR count). The first kappa shape index (κ1) is 15.0. The first-order valence-electron chi connectivity index (χ1n) is 7.44. The van der Waals surface area contributed by atoms with Crippen LogP contribution in [-0.2, 0) is 0 Å². The van der Waals surface area contributed by atoms with Crippen molar-refractivity contribution in [3.05, 3.63) is 0 Å². The van der Waals surface area contributed by atoms with E-state index in [1.165, 1.54) is 32.2 Å². The van der Waals surface area contributed by atoms with E-state index in [1.54, 1.807) is 0 Å². The van der Waals surface area contributed by atoms with Gasteiger partial charge >= 0.3 is 0 Å². The Morgan fingerprint density at radius 2 is 1.71 bits per heavy atom. The second-order valence-electron chi connectivity index (χ2n) is 6.37. The SMILES string of the molecule is CC(C)NCC(C)C(C)N(C)CC1CCCC1. The Balaban J connectivity index is 2.26. The van der Waals surface area contributed by atoms with E-state index in [-0.39, 0.29) is 0 Å². The molecule has 0 amide bonds. The first-order valence-corrected chi connectivity index (χ1v) is 7.44. The summed E-state index contributed by atoms with van der Waals surface area (Å²) in [5, 5.41) is 3.55. The normalized spacial score (nSPS) is 21.4. The summed E-state index contributed by atoms with van der Waals surface area (Å²) in [6, 6.07) is 1.28. The highest BCUT2D eigenvalue weighted by Crippen LogP contribution is 2.26. The topological polar surface area (TPSA) is 15.3 Å². The lowest BCUT2D eigenvalue weighted by molar-refractivity contribution is 0.169. The van der Waals surface area contributed by atoms with Crippen molar-refractivity contribution in [3.8, 4) is 0 Å². The lowest BCUT2D eigenvalue weighted by Crippen LogP contribution is -2.42. The molecule has 1 saturated carbocycles. The van der Waals surface area contributed by atoms with Gasteiger partial charge in [-0.25, -0.2) is 0 Å². The lowest BCUT2D eigenvalue weighted by Gasteiger charge is -2.32. The second kappa shape index (κ2) is 7.38. The van der Waals surface area contributed by atoms with Crippen LogP contribution in [0.2, 0.25) is 0 Å². The molecular formula is C15H32N2. The van der Waals surface area contributed by atoms with Crippen LogP contribution in [-0.4, -0.2) is 37.1 Å². The predicted octanol–water partition coefficient (Wildman–Crippen LogP) is 3.13. The second-order valence-corrected chi connectivity index (χ2v) is 6.37. The Labute approximate surface area is 108 Å². The molecule has 1 fully saturated rings. The van der Waals surface area contributed by atoms with E-state index in [2.05, 4.69) is 45.0 Å². The van der Waals surface area contributed by atoms with Crippen LogP contribution in [0.5, 0.6) is 0 Å². The molecule has 0 aliphatic heterocycles. The van der Waals surface area contributed by atoms with Gasteiger partial charge in [0.2, 0.25) is 0 Å². The summed E-state index contributed by atoms with van der Waals surface area (Å²) < 4.78 is 0. The molecule has 17 heavy (non-hydrogen) atoms. The molecule has 2 atom stereocenters. The van der Waals surface area contributed by atoms with Crippen molar-refractivity contribution in [2.45, 2.75) is 65.5 Å². The van der Waals surface area contributed by atoms with Gasteiger partial charge in [0.25, 0.3) is 0 Å². The molecule has 0 aromatic rings. The van der Waals surface area contributed by atoms with E-state index in [1.807, 2.05) is 0 Å². The Bertz CT molecular complexity index is 197. The maximum absolute atomic E-state index is 3.55. The van der Waals surface area contributed by atoms with Crippen LogP contribution in [0.4, 0.5) is 0 Å². The Kier molecular flexibility index (Phi) is 6.50. The van der Waals surface area contributed by atoms with E-state index >= 15 is 0 Å². The monoisotopic (exact) mass is 240 g/mol. The van der Waals surface area contributed by atoms with Crippen molar-refractivity contribution in [1.82, 2.24) is 10.2 Å². The van der Waals surface area contributed by atoms with Gasteiger partial charge < -0.3 is 10.2 Å². The Morgan fingerprint density at radius 3 is 2.24 bits per heavy atom. The molecule has 0 radical (unpaired) electrons. The van der Waals surface area contributed by atoms with Crippen LogP contribution in [0, 0.1) is 11.8 Å². The largest absolute Gasteiger partial charge is 0.314 e. The molecule has 0 spiro atoms. The highest BCUT2D eigenvalue weighted by Gasteiger charge is 2.22. The van der Waals surface area contributed by atoms with Crippen molar-refractivity contribution >= 4 is 0 Å². The first-order chi connectivity index (χ1) is 8.00. The summed E-state index contributed by atoms with van der Waals surface area (Å²) in [5.41, 5.74) is 0. The molecule has 0 heterocycles. The van der Waals surface area contributed by atoms with Gasteiger partial charge in [0.1, 0.15) is 0 Å². The van der Waals surface area contributed by atoms with Crippen molar-refractivity contribution in [2.75, 3.05) is 20.1 Å². The summed E-state index contributed by atoms with van der Waals surface area (Å²) >= 11 is 0. The molecular weight excluding hydrogens is 208 g/mol. The Morgan fingerprint density at radius 1 is 1.12 bits per heavy atom. The number of rotatable bonds is 7. The quantitative estimate of drug-likeness (QED) is 0.735. The van der Waals surface area contributed by atoms with Crippen molar-refractivity contribution in [1.29, 1.82) is 0 Å². The lowest BCUT2D eigenvalue weighted by atomic mass is 10.00. The van der Waals surface area contributed by atoms with Gasteiger partial charge in [-0.2, -0.15) is 0 Å². The highest BCUT2D eigenvalue weighted by molar-refractivity contribution is 4.77. The molecule has 0 aromatic carbocycles. The van der Waals surface area contributed by atoms with Gasteiger partial charge in [0.05, 0.1) is 0 Å².